The second-order valence-electron chi connectivity index (χ2n) is 10.2. The molecule has 10 nitrogen and oxygen atoms in total. The number of para-hydroxylation sites is 1. The van der Waals surface area contributed by atoms with Crippen molar-refractivity contribution >= 4 is 17.2 Å². The average molecular weight is 565 g/mol. The summed E-state index contributed by atoms with van der Waals surface area (Å²) in [5, 5.41) is 6.13. The monoisotopic (exact) mass is 564 g/mol. The number of carbonyl (C=O) groups excluding carboxylic acids is 1. The predicted octanol–water partition coefficient (Wildman–Crippen LogP) is 4.61. The van der Waals surface area contributed by atoms with Gasteiger partial charge >= 0.3 is 6.16 Å². The molecule has 4 heterocycles. The number of fused-ring (bicyclic) bond motifs is 1. The van der Waals surface area contributed by atoms with Crippen LogP contribution in [0.1, 0.15) is 24.4 Å². The van der Waals surface area contributed by atoms with Crippen LogP contribution in [0.25, 0.3) is 33.4 Å². The molecule has 12 heteroatoms. The minimum Gasteiger partial charge on any atom is -0.436 e. The van der Waals surface area contributed by atoms with E-state index >= 15 is 8.78 Å². The maximum Gasteiger partial charge on any atom is 0.527 e. The van der Waals surface area contributed by atoms with Crippen molar-refractivity contribution in [3.63, 3.8) is 0 Å². The van der Waals surface area contributed by atoms with E-state index in [-0.39, 0.29) is 18.2 Å². The zero-order chi connectivity index (χ0) is 28.3. The third-order valence-corrected chi connectivity index (χ3v) is 7.58. The van der Waals surface area contributed by atoms with Gasteiger partial charge in [-0.3, -0.25) is 14.6 Å². The molecule has 2 fully saturated rings. The van der Waals surface area contributed by atoms with Crippen molar-refractivity contribution in [1.82, 2.24) is 29.7 Å². The molecule has 6 rings (SSSR count). The fourth-order valence-electron chi connectivity index (χ4n) is 5.31. The van der Waals surface area contributed by atoms with Crippen LogP contribution in [-0.2, 0) is 20.9 Å². The SMILES string of the molecule is COC(=O)ON1CCC(n2cc(-c3cnc4cccc(-c5cc(F)c(CN6CCOCC6)c(F)c5)c4n3)cn2)CC1. The number of nitrogens with zero attached hydrogens (tertiary/aromatic N) is 6. The molecule has 0 unspecified atom stereocenters. The number of benzene rings is 2. The van der Waals surface area contributed by atoms with Crippen LogP contribution in [0.3, 0.4) is 0 Å². The summed E-state index contributed by atoms with van der Waals surface area (Å²) in [4.78, 5) is 27.9. The lowest BCUT2D eigenvalue weighted by Gasteiger charge is -2.29. The van der Waals surface area contributed by atoms with Crippen LogP contribution in [0, 0.1) is 11.6 Å². The summed E-state index contributed by atoms with van der Waals surface area (Å²) in [5.74, 6) is -1.17. The van der Waals surface area contributed by atoms with E-state index in [9.17, 15) is 4.79 Å². The van der Waals surface area contributed by atoms with Gasteiger partial charge in [-0.15, -0.1) is 5.06 Å². The van der Waals surface area contributed by atoms with Gasteiger partial charge in [0.15, 0.2) is 0 Å². The molecule has 2 aromatic carbocycles. The van der Waals surface area contributed by atoms with Gasteiger partial charge in [0.05, 0.1) is 55.5 Å². The number of rotatable bonds is 6. The van der Waals surface area contributed by atoms with Gasteiger partial charge in [-0.25, -0.2) is 18.6 Å². The van der Waals surface area contributed by atoms with E-state index in [4.69, 9.17) is 14.6 Å². The highest BCUT2D eigenvalue weighted by Crippen LogP contribution is 2.32. The maximum atomic E-state index is 15.2. The van der Waals surface area contributed by atoms with E-state index in [1.807, 2.05) is 21.8 Å². The number of aromatic nitrogens is 4. The van der Waals surface area contributed by atoms with Gasteiger partial charge in [-0.2, -0.15) is 5.10 Å². The van der Waals surface area contributed by atoms with E-state index in [1.54, 1.807) is 29.6 Å². The summed E-state index contributed by atoms with van der Waals surface area (Å²) in [6.07, 6.45) is 6.07. The highest BCUT2D eigenvalue weighted by molar-refractivity contribution is 5.92. The number of hydroxylamine groups is 2. The zero-order valence-corrected chi connectivity index (χ0v) is 22.6. The first kappa shape index (κ1) is 27.2. The molecule has 4 aromatic rings. The fraction of sp³-hybridized carbons (Fsp3) is 0.379. The van der Waals surface area contributed by atoms with E-state index < -0.39 is 17.8 Å². The molecule has 214 valence electrons. The number of hydrogen-bond donors (Lipinski definition) is 0. The highest BCUT2D eigenvalue weighted by Gasteiger charge is 2.24. The molecule has 0 radical (unpaired) electrons. The number of halogens is 2. The van der Waals surface area contributed by atoms with Crippen LogP contribution in [0.2, 0.25) is 0 Å². The summed E-state index contributed by atoms with van der Waals surface area (Å²) in [5.41, 5.74) is 3.60. The molecular weight excluding hydrogens is 534 g/mol. The average Bonchev–Trinajstić information content (AvgIpc) is 3.50. The molecule has 2 aromatic heterocycles. The Morgan fingerprint density at radius 2 is 1.80 bits per heavy atom. The molecule has 0 bridgehead atoms. The third-order valence-electron chi connectivity index (χ3n) is 7.58. The number of piperidine rings is 1. The molecule has 0 saturated carbocycles. The minimum atomic E-state index is -0.728. The van der Waals surface area contributed by atoms with Crippen LogP contribution >= 0.6 is 0 Å². The number of ether oxygens (including phenoxy) is 2. The van der Waals surface area contributed by atoms with E-state index in [1.165, 1.54) is 19.2 Å². The number of hydrogen-bond acceptors (Lipinski definition) is 9. The van der Waals surface area contributed by atoms with E-state index in [0.29, 0.717) is 67.2 Å². The van der Waals surface area contributed by atoms with Crippen molar-refractivity contribution in [3.8, 4) is 22.4 Å². The Hall–Kier alpha value is -4.00. The Kier molecular flexibility index (Phi) is 7.86. The van der Waals surface area contributed by atoms with Gasteiger partial charge in [-0.1, -0.05) is 12.1 Å². The molecule has 0 atom stereocenters. The first-order valence-electron chi connectivity index (χ1n) is 13.6. The molecule has 2 saturated heterocycles. The lowest BCUT2D eigenvalue weighted by atomic mass is 10.0. The largest absolute Gasteiger partial charge is 0.527 e. The summed E-state index contributed by atoms with van der Waals surface area (Å²) >= 11 is 0. The van der Waals surface area contributed by atoms with Crippen LogP contribution in [-0.4, -0.2) is 82.4 Å². The number of morpholine rings is 1. The van der Waals surface area contributed by atoms with Crippen LogP contribution in [0.15, 0.2) is 48.9 Å². The number of carbonyl (C=O) groups is 1. The van der Waals surface area contributed by atoms with Crippen molar-refractivity contribution in [2.75, 3.05) is 46.5 Å². The molecular formula is C29H30F2N6O4. The first-order valence-corrected chi connectivity index (χ1v) is 13.6. The summed E-state index contributed by atoms with van der Waals surface area (Å²) in [6.45, 7) is 3.72. The van der Waals surface area contributed by atoms with Gasteiger partial charge < -0.3 is 14.3 Å². The molecule has 2 aliphatic heterocycles. The predicted molar refractivity (Wildman–Crippen MR) is 146 cm³/mol. The zero-order valence-electron chi connectivity index (χ0n) is 22.6. The molecule has 0 amide bonds. The Bertz CT molecular complexity index is 1530. The summed E-state index contributed by atoms with van der Waals surface area (Å²) < 4.78 is 42.2. The first-order chi connectivity index (χ1) is 20.0. The van der Waals surface area contributed by atoms with E-state index in [2.05, 4.69) is 14.8 Å². The quantitative estimate of drug-likeness (QED) is 0.311. The third kappa shape index (κ3) is 5.90. The van der Waals surface area contributed by atoms with Crippen molar-refractivity contribution < 1.29 is 27.9 Å². The van der Waals surface area contributed by atoms with Gasteiger partial charge in [0.1, 0.15) is 11.6 Å². The van der Waals surface area contributed by atoms with Crippen molar-refractivity contribution in [2.24, 2.45) is 0 Å². The Morgan fingerprint density at radius 3 is 2.54 bits per heavy atom. The van der Waals surface area contributed by atoms with Crippen LogP contribution in [0.4, 0.5) is 13.6 Å². The fourth-order valence-corrected chi connectivity index (χ4v) is 5.31. The van der Waals surface area contributed by atoms with Crippen LogP contribution < -0.4 is 0 Å². The Morgan fingerprint density at radius 1 is 1.05 bits per heavy atom. The molecule has 0 N–H and O–H groups in total. The lowest BCUT2D eigenvalue weighted by molar-refractivity contribution is -0.138. The molecule has 2 aliphatic rings. The Labute approximate surface area is 235 Å². The van der Waals surface area contributed by atoms with E-state index in [0.717, 1.165) is 18.4 Å². The standard InChI is InChI=1S/C29H30F2N6O4/c1-39-29(38)41-36-7-5-21(6-8-36)37-17-20(15-33-37)27-16-32-26-4-2-3-22(28(26)34-27)19-13-24(30)23(25(31)14-19)18-35-9-11-40-12-10-35/h2-4,13-17,21H,5-12,18H2,1H3. The second kappa shape index (κ2) is 11.9. The van der Waals surface area contributed by atoms with Gasteiger partial charge in [0.2, 0.25) is 0 Å². The minimum absolute atomic E-state index is 0.0535. The van der Waals surface area contributed by atoms with Crippen molar-refractivity contribution in [3.05, 3.63) is 66.1 Å². The normalized spacial score (nSPS) is 17.1. The van der Waals surface area contributed by atoms with Crippen molar-refractivity contribution in [1.29, 1.82) is 0 Å². The molecule has 0 spiro atoms. The number of methoxy groups -OCH3 is 1. The topological polar surface area (TPSA) is 94.8 Å². The Balaban J connectivity index is 1.24. The summed E-state index contributed by atoms with van der Waals surface area (Å²) in [6, 6.07) is 8.30. The van der Waals surface area contributed by atoms with Crippen LogP contribution in [0.5, 0.6) is 0 Å². The summed E-state index contributed by atoms with van der Waals surface area (Å²) in [7, 11) is 1.28. The molecule has 0 aliphatic carbocycles. The lowest BCUT2D eigenvalue weighted by Crippen LogP contribution is -2.36. The second-order valence-corrected chi connectivity index (χ2v) is 10.2. The maximum absolute atomic E-state index is 15.2. The van der Waals surface area contributed by atoms with Crippen molar-refractivity contribution in [2.45, 2.75) is 25.4 Å². The van der Waals surface area contributed by atoms with Gasteiger partial charge in [0.25, 0.3) is 0 Å². The van der Waals surface area contributed by atoms with Gasteiger partial charge in [-0.05, 0) is 36.6 Å². The smallest absolute Gasteiger partial charge is 0.436 e. The molecule has 41 heavy (non-hydrogen) atoms. The van der Waals surface area contributed by atoms with Gasteiger partial charge in [0, 0.05) is 55.6 Å². The highest BCUT2D eigenvalue weighted by atomic mass is 19.1.